The minimum atomic E-state index is 0.0235. The average molecular weight is 336 g/mol. The Morgan fingerprint density at radius 3 is 2.83 bits per heavy atom. The normalized spacial score (nSPS) is 10.8. The number of hydrogen-bond acceptors (Lipinski definition) is 4. The van der Waals surface area contributed by atoms with Crippen molar-refractivity contribution in [3.63, 3.8) is 0 Å². The molecule has 0 atom stereocenters. The lowest BCUT2D eigenvalue weighted by Crippen LogP contribution is -2.23. The molecule has 0 aliphatic heterocycles. The van der Waals surface area contributed by atoms with Gasteiger partial charge in [0.1, 0.15) is 16.0 Å². The predicted molar refractivity (Wildman–Crippen MR) is 93.6 cm³/mol. The van der Waals surface area contributed by atoms with Crippen molar-refractivity contribution in [3.05, 3.63) is 11.7 Å². The third kappa shape index (κ3) is 5.67. The Kier molecular flexibility index (Phi) is 7.06. The number of nitrogens with one attached hydrogen (secondary N) is 3. The van der Waals surface area contributed by atoms with Gasteiger partial charge in [-0.15, -0.1) is 11.3 Å². The molecule has 0 bridgehead atoms. The van der Waals surface area contributed by atoms with Crippen LogP contribution < -0.4 is 10.6 Å². The van der Waals surface area contributed by atoms with E-state index in [1.807, 2.05) is 5.38 Å². The van der Waals surface area contributed by atoms with Crippen LogP contribution >= 0.6 is 11.3 Å². The number of fused-ring (bicyclic) bond motifs is 1. The fraction of sp³-hybridized carbons (Fsp3) is 0.562. The summed E-state index contributed by atoms with van der Waals surface area (Å²) in [6, 6.07) is 0. The number of rotatable bonds is 10. The summed E-state index contributed by atoms with van der Waals surface area (Å²) >= 11 is 1.48. The number of thiophene rings is 1. The van der Waals surface area contributed by atoms with E-state index in [1.54, 1.807) is 6.33 Å². The second-order valence-corrected chi connectivity index (χ2v) is 6.42. The number of aromatic nitrogens is 2. The Morgan fingerprint density at radius 1 is 1.17 bits per heavy atom. The van der Waals surface area contributed by atoms with Gasteiger partial charge in [-0.25, -0.2) is 4.98 Å². The van der Waals surface area contributed by atoms with E-state index in [0.29, 0.717) is 19.4 Å². The third-order valence-corrected chi connectivity index (χ3v) is 4.48. The highest BCUT2D eigenvalue weighted by Crippen LogP contribution is 2.27. The fourth-order valence-electron chi connectivity index (χ4n) is 2.27. The average Bonchev–Trinajstić information content (AvgIpc) is 3.13. The highest BCUT2D eigenvalue weighted by Gasteiger charge is 2.09. The second kappa shape index (κ2) is 9.29. The van der Waals surface area contributed by atoms with Gasteiger partial charge in [-0.05, 0) is 19.3 Å². The van der Waals surface area contributed by atoms with Gasteiger partial charge in [0, 0.05) is 24.8 Å². The van der Waals surface area contributed by atoms with Crippen LogP contribution in [0.25, 0.3) is 11.0 Å². The molecule has 0 aliphatic carbocycles. The molecule has 126 valence electrons. The van der Waals surface area contributed by atoms with Crippen LogP contribution in [-0.4, -0.2) is 28.3 Å². The summed E-state index contributed by atoms with van der Waals surface area (Å²) in [7, 11) is 0. The first-order chi connectivity index (χ1) is 11.2. The number of amides is 2. The molecule has 0 aromatic carbocycles. The van der Waals surface area contributed by atoms with Crippen molar-refractivity contribution in [2.75, 3.05) is 11.9 Å². The smallest absolute Gasteiger partial charge is 0.225 e. The maximum Gasteiger partial charge on any atom is 0.225 e. The molecule has 2 amide bonds. The van der Waals surface area contributed by atoms with E-state index in [1.165, 1.54) is 11.3 Å². The summed E-state index contributed by atoms with van der Waals surface area (Å²) in [6.45, 7) is 2.77. The highest BCUT2D eigenvalue weighted by molar-refractivity contribution is 7.16. The summed E-state index contributed by atoms with van der Waals surface area (Å²) in [6.07, 6.45) is 7.39. The Labute approximate surface area is 140 Å². The molecule has 0 radical (unpaired) electrons. The van der Waals surface area contributed by atoms with E-state index in [0.717, 1.165) is 48.1 Å². The van der Waals surface area contributed by atoms with Gasteiger partial charge in [0.05, 0.1) is 6.33 Å². The molecule has 0 aliphatic rings. The number of imidazole rings is 1. The number of carbonyl (C=O) groups is 2. The Bertz CT molecular complexity index is 635. The van der Waals surface area contributed by atoms with E-state index in [4.69, 9.17) is 0 Å². The summed E-state index contributed by atoms with van der Waals surface area (Å²) in [5, 5.41) is 8.58. The number of hydrogen-bond donors (Lipinski definition) is 3. The molecule has 2 heterocycles. The van der Waals surface area contributed by atoms with Crippen molar-refractivity contribution < 1.29 is 9.59 Å². The molecule has 0 saturated heterocycles. The van der Waals surface area contributed by atoms with Crippen molar-refractivity contribution in [3.8, 4) is 0 Å². The first-order valence-electron chi connectivity index (χ1n) is 8.17. The topological polar surface area (TPSA) is 86.9 Å². The molecular formula is C16H24N4O2S. The SMILES string of the molecule is CCCCC(=O)NCCCCCC(=O)Nc1scc2nc[nH]c12. The van der Waals surface area contributed by atoms with Gasteiger partial charge in [0.15, 0.2) is 0 Å². The highest BCUT2D eigenvalue weighted by atomic mass is 32.1. The monoisotopic (exact) mass is 336 g/mol. The zero-order valence-corrected chi connectivity index (χ0v) is 14.3. The van der Waals surface area contributed by atoms with Crippen LogP contribution in [0.1, 0.15) is 51.9 Å². The van der Waals surface area contributed by atoms with Gasteiger partial charge in [0.25, 0.3) is 0 Å². The van der Waals surface area contributed by atoms with Crippen LogP contribution in [0.4, 0.5) is 5.00 Å². The lowest BCUT2D eigenvalue weighted by atomic mass is 10.2. The van der Waals surface area contributed by atoms with E-state index in [2.05, 4.69) is 27.5 Å². The number of H-pyrrole nitrogens is 1. The standard InChI is InChI=1S/C16H24N4O2S/c1-2-3-7-13(21)17-9-6-4-5-8-14(22)20-16-15-12(10-23-16)18-11-19-15/h10-11H,2-9H2,1H3,(H,17,21)(H,18,19)(H,20,22). The molecule has 0 spiro atoms. The van der Waals surface area contributed by atoms with Crippen molar-refractivity contribution in [2.45, 2.75) is 51.9 Å². The molecule has 2 rings (SSSR count). The van der Waals surface area contributed by atoms with Crippen molar-refractivity contribution in [1.29, 1.82) is 0 Å². The Balaban J connectivity index is 1.55. The van der Waals surface area contributed by atoms with E-state index < -0.39 is 0 Å². The quantitative estimate of drug-likeness (QED) is 0.581. The zero-order chi connectivity index (χ0) is 16.5. The number of anilines is 1. The van der Waals surface area contributed by atoms with E-state index in [-0.39, 0.29) is 11.8 Å². The Morgan fingerprint density at radius 2 is 2.00 bits per heavy atom. The first-order valence-corrected chi connectivity index (χ1v) is 9.05. The molecule has 7 heteroatoms. The Hall–Kier alpha value is -1.89. The minimum absolute atomic E-state index is 0.0235. The van der Waals surface area contributed by atoms with Crippen LogP contribution in [-0.2, 0) is 9.59 Å². The molecule has 0 fully saturated rings. The van der Waals surface area contributed by atoms with Gasteiger partial charge in [-0.1, -0.05) is 19.8 Å². The summed E-state index contributed by atoms with van der Waals surface area (Å²) in [4.78, 5) is 30.5. The largest absolute Gasteiger partial charge is 0.356 e. The molecule has 0 unspecified atom stereocenters. The molecule has 23 heavy (non-hydrogen) atoms. The summed E-state index contributed by atoms with van der Waals surface area (Å²) in [5.74, 6) is 0.154. The predicted octanol–water partition coefficient (Wildman–Crippen LogP) is 3.43. The second-order valence-electron chi connectivity index (χ2n) is 5.54. The summed E-state index contributed by atoms with van der Waals surface area (Å²) < 4.78 is 0. The van der Waals surface area contributed by atoms with Crippen LogP contribution in [0, 0.1) is 0 Å². The van der Waals surface area contributed by atoms with Crippen LogP contribution in [0.2, 0.25) is 0 Å². The molecule has 2 aromatic rings. The van der Waals surface area contributed by atoms with Gasteiger partial charge in [0.2, 0.25) is 11.8 Å². The number of aromatic amines is 1. The number of carbonyl (C=O) groups excluding carboxylic acids is 2. The lowest BCUT2D eigenvalue weighted by molar-refractivity contribution is -0.121. The van der Waals surface area contributed by atoms with E-state index in [9.17, 15) is 9.59 Å². The fourth-order valence-corrected chi connectivity index (χ4v) is 3.13. The van der Waals surface area contributed by atoms with Gasteiger partial charge in [-0.2, -0.15) is 0 Å². The lowest BCUT2D eigenvalue weighted by Gasteiger charge is -2.05. The van der Waals surface area contributed by atoms with Crippen LogP contribution in [0.3, 0.4) is 0 Å². The number of unbranched alkanes of at least 4 members (excludes halogenated alkanes) is 3. The van der Waals surface area contributed by atoms with Gasteiger partial charge in [-0.3, -0.25) is 9.59 Å². The molecule has 0 saturated carbocycles. The third-order valence-electron chi connectivity index (χ3n) is 3.60. The van der Waals surface area contributed by atoms with Crippen molar-refractivity contribution >= 4 is 39.2 Å². The number of nitrogens with zero attached hydrogens (tertiary/aromatic N) is 1. The van der Waals surface area contributed by atoms with Crippen molar-refractivity contribution in [1.82, 2.24) is 15.3 Å². The first kappa shape index (κ1) is 17.5. The van der Waals surface area contributed by atoms with Gasteiger partial charge < -0.3 is 15.6 Å². The minimum Gasteiger partial charge on any atom is -0.356 e. The molecular weight excluding hydrogens is 312 g/mol. The van der Waals surface area contributed by atoms with Crippen molar-refractivity contribution in [2.24, 2.45) is 0 Å². The molecule has 2 aromatic heterocycles. The maximum atomic E-state index is 11.9. The van der Waals surface area contributed by atoms with Gasteiger partial charge >= 0.3 is 0 Å². The molecule has 6 nitrogen and oxygen atoms in total. The van der Waals surface area contributed by atoms with Crippen LogP contribution in [0.5, 0.6) is 0 Å². The van der Waals surface area contributed by atoms with Crippen LogP contribution in [0.15, 0.2) is 11.7 Å². The maximum absolute atomic E-state index is 11.9. The zero-order valence-electron chi connectivity index (χ0n) is 13.5. The van der Waals surface area contributed by atoms with E-state index >= 15 is 0 Å². The summed E-state index contributed by atoms with van der Waals surface area (Å²) in [5.41, 5.74) is 1.77. The molecule has 3 N–H and O–H groups in total.